The predicted octanol–water partition coefficient (Wildman–Crippen LogP) is 3.95. The SMILES string of the molecule is O=C(Nc1ccncc1)c1csc2c1CCN(Cc1ccccc1)C2. The van der Waals surface area contributed by atoms with Crippen molar-refractivity contribution < 1.29 is 4.79 Å². The molecule has 5 heteroatoms. The van der Waals surface area contributed by atoms with Crippen LogP contribution in [0.5, 0.6) is 0 Å². The Balaban J connectivity index is 1.46. The molecule has 4 nitrogen and oxygen atoms in total. The maximum Gasteiger partial charge on any atom is 0.256 e. The second-order valence-electron chi connectivity index (χ2n) is 6.19. The molecule has 1 aromatic carbocycles. The van der Waals surface area contributed by atoms with E-state index in [2.05, 4.69) is 39.5 Å². The number of hydrogen-bond donors (Lipinski definition) is 1. The lowest BCUT2D eigenvalue weighted by Gasteiger charge is -2.27. The molecule has 1 aliphatic rings. The summed E-state index contributed by atoms with van der Waals surface area (Å²) in [5.74, 6) is -0.0276. The van der Waals surface area contributed by atoms with Crippen LogP contribution >= 0.6 is 11.3 Å². The number of amides is 1. The first kappa shape index (κ1) is 16.0. The van der Waals surface area contributed by atoms with Crippen LogP contribution in [0.2, 0.25) is 0 Å². The monoisotopic (exact) mass is 349 g/mol. The predicted molar refractivity (Wildman–Crippen MR) is 101 cm³/mol. The molecular formula is C20H19N3OS. The van der Waals surface area contributed by atoms with Crippen LogP contribution in [0.4, 0.5) is 5.69 Å². The number of fused-ring (bicyclic) bond motifs is 1. The number of carbonyl (C=O) groups is 1. The highest BCUT2D eigenvalue weighted by Gasteiger charge is 2.23. The number of hydrogen-bond acceptors (Lipinski definition) is 4. The molecular weight excluding hydrogens is 330 g/mol. The van der Waals surface area contributed by atoms with Gasteiger partial charge in [-0.2, -0.15) is 0 Å². The number of pyridine rings is 1. The Bertz CT molecular complexity index is 861. The average Bonchev–Trinajstić information content (AvgIpc) is 3.07. The summed E-state index contributed by atoms with van der Waals surface area (Å²) in [6, 6.07) is 14.1. The van der Waals surface area contributed by atoms with Crippen LogP contribution in [0.1, 0.15) is 26.4 Å². The van der Waals surface area contributed by atoms with Crippen LogP contribution in [-0.4, -0.2) is 22.3 Å². The molecule has 3 aromatic rings. The first-order valence-electron chi connectivity index (χ1n) is 8.36. The van der Waals surface area contributed by atoms with E-state index in [4.69, 9.17) is 0 Å². The fraction of sp³-hybridized carbons (Fsp3) is 0.200. The quantitative estimate of drug-likeness (QED) is 0.776. The van der Waals surface area contributed by atoms with Crippen molar-refractivity contribution >= 4 is 22.9 Å². The Morgan fingerprint density at radius 1 is 1.16 bits per heavy atom. The van der Waals surface area contributed by atoms with E-state index in [9.17, 15) is 4.79 Å². The first-order valence-corrected chi connectivity index (χ1v) is 9.24. The van der Waals surface area contributed by atoms with Gasteiger partial charge in [-0.3, -0.25) is 14.7 Å². The second-order valence-corrected chi connectivity index (χ2v) is 7.15. The van der Waals surface area contributed by atoms with E-state index in [1.807, 2.05) is 11.4 Å². The lowest BCUT2D eigenvalue weighted by Crippen LogP contribution is -2.30. The number of thiophene rings is 1. The topological polar surface area (TPSA) is 45.2 Å². The fourth-order valence-electron chi connectivity index (χ4n) is 3.18. The first-order chi connectivity index (χ1) is 12.3. The minimum atomic E-state index is -0.0276. The Morgan fingerprint density at radius 2 is 1.96 bits per heavy atom. The molecule has 0 saturated carbocycles. The zero-order valence-corrected chi connectivity index (χ0v) is 14.6. The van der Waals surface area contributed by atoms with Gasteiger partial charge in [0.2, 0.25) is 0 Å². The third-order valence-corrected chi connectivity index (χ3v) is 5.47. The van der Waals surface area contributed by atoms with E-state index < -0.39 is 0 Å². The van der Waals surface area contributed by atoms with Crippen LogP contribution in [0.15, 0.2) is 60.2 Å². The molecule has 3 heterocycles. The molecule has 0 bridgehead atoms. The van der Waals surface area contributed by atoms with Crippen molar-refractivity contribution in [2.45, 2.75) is 19.5 Å². The van der Waals surface area contributed by atoms with Crippen molar-refractivity contribution in [1.29, 1.82) is 0 Å². The van der Waals surface area contributed by atoms with E-state index in [0.717, 1.165) is 37.3 Å². The van der Waals surface area contributed by atoms with Gasteiger partial charge in [-0.1, -0.05) is 30.3 Å². The highest BCUT2D eigenvalue weighted by molar-refractivity contribution is 7.10. The zero-order valence-electron chi connectivity index (χ0n) is 13.8. The van der Waals surface area contributed by atoms with Crippen LogP contribution < -0.4 is 5.32 Å². The summed E-state index contributed by atoms with van der Waals surface area (Å²) >= 11 is 1.69. The van der Waals surface area contributed by atoms with Gasteiger partial charge in [0.15, 0.2) is 0 Å². The molecule has 0 unspecified atom stereocenters. The van der Waals surface area contributed by atoms with Crippen molar-refractivity contribution in [1.82, 2.24) is 9.88 Å². The molecule has 0 radical (unpaired) electrons. The van der Waals surface area contributed by atoms with Crippen molar-refractivity contribution in [3.05, 3.63) is 81.8 Å². The van der Waals surface area contributed by atoms with Gasteiger partial charge < -0.3 is 5.32 Å². The summed E-state index contributed by atoms with van der Waals surface area (Å²) in [6.07, 6.45) is 4.28. The van der Waals surface area contributed by atoms with Gasteiger partial charge in [0, 0.05) is 48.0 Å². The summed E-state index contributed by atoms with van der Waals surface area (Å²) in [6.45, 7) is 2.85. The van der Waals surface area contributed by atoms with Gasteiger partial charge >= 0.3 is 0 Å². The lowest BCUT2D eigenvalue weighted by molar-refractivity contribution is 0.102. The largest absolute Gasteiger partial charge is 0.322 e. The van der Waals surface area contributed by atoms with Crippen LogP contribution in [-0.2, 0) is 19.5 Å². The zero-order chi connectivity index (χ0) is 17.1. The maximum atomic E-state index is 12.6. The number of rotatable bonds is 4. The maximum absolute atomic E-state index is 12.6. The molecule has 0 saturated heterocycles. The van der Waals surface area contributed by atoms with Crippen molar-refractivity contribution in [2.75, 3.05) is 11.9 Å². The van der Waals surface area contributed by atoms with Crippen molar-refractivity contribution in [3.63, 3.8) is 0 Å². The Kier molecular flexibility index (Phi) is 4.59. The van der Waals surface area contributed by atoms with Crippen LogP contribution in [0, 0.1) is 0 Å². The smallest absolute Gasteiger partial charge is 0.256 e. The molecule has 0 aliphatic carbocycles. The van der Waals surface area contributed by atoms with E-state index >= 15 is 0 Å². The summed E-state index contributed by atoms with van der Waals surface area (Å²) in [5, 5.41) is 4.95. The van der Waals surface area contributed by atoms with Gasteiger partial charge in [0.05, 0.1) is 5.56 Å². The average molecular weight is 349 g/mol. The van der Waals surface area contributed by atoms with Gasteiger partial charge in [-0.05, 0) is 29.7 Å². The van der Waals surface area contributed by atoms with E-state index in [1.54, 1.807) is 35.9 Å². The summed E-state index contributed by atoms with van der Waals surface area (Å²) in [7, 11) is 0. The Hall–Kier alpha value is -2.50. The number of nitrogens with one attached hydrogen (secondary N) is 1. The minimum absolute atomic E-state index is 0.0276. The summed E-state index contributed by atoms with van der Waals surface area (Å²) < 4.78 is 0. The fourth-order valence-corrected chi connectivity index (χ4v) is 4.30. The summed E-state index contributed by atoms with van der Waals surface area (Å²) in [5.41, 5.74) is 4.14. The number of nitrogens with zero attached hydrogens (tertiary/aromatic N) is 2. The third-order valence-electron chi connectivity index (χ3n) is 4.46. The molecule has 126 valence electrons. The Morgan fingerprint density at radius 3 is 2.76 bits per heavy atom. The molecule has 25 heavy (non-hydrogen) atoms. The van der Waals surface area contributed by atoms with Gasteiger partial charge in [0.25, 0.3) is 5.91 Å². The van der Waals surface area contributed by atoms with Crippen molar-refractivity contribution in [3.8, 4) is 0 Å². The number of carbonyl (C=O) groups excluding carboxylic acids is 1. The molecule has 0 fully saturated rings. The molecule has 0 spiro atoms. The van der Waals surface area contributed by atoms with Crippen LogP contribution in [0.25, 0.3) is 0 Å². The van der Waals surface area contributed by atoms with E-state index in [-0.39, 0.29) is 5.91 Å². The normalized spacial score (nSPS) is 14.1. The van der Waals surface area contributed by atoms with Crippen LogP contribution in [0.3, 0.4) is 0 Å². The second kappa shape index (κ2) is 7.17. The number of anilines is 1. The molecule has 1 amide bonds. The van der Waals surface area contributed by atoms with Gasteiger partial charge in [-0.25, -0.2) is 0 Å². The molecule has 1 N–H and O–H groups in total. The number of aromatic nitrogens is 1. The van der Waals surface area contributed by atoms with E-state index in [0.29, 0.717) is 0 Å². The number of benzene rings is 1. The molecule has 0 atom stereocenters. The lowest BCUT2D eigenvalue weighted by atomic mass is 10.0. The molecule has 1 aliphatic heterocycles. The third kappa shape index (κ3) is 3.62. The minimum Gasteiger partial charge on any atom is -0.322 e. The van der Waals surface area contributed by atoms with Gasteiger partial charge in [0.1, 0.15) is 0 Å². The molecule has 2 aromatic heterocycles. The van der Waals surface area contributed by atoms with Crippen molar-refractivity contribution in [2.24, 2.45) is 0 Å². The Labute approximate surface area is 151 Å². The molecule has 4 rings (SSSR count). The highest BCUT2D eigenvalue weighted by atomic mass is 32.1. The standard InChI is InChI=1S/C20H19N3OS/c24-20(22-16-6-9-21-10-7-16)18-14-25-19-13-23(11-8-17(18)19)12-15-4-2-1-3-5-15/h1-7,9-10,14H,8,11-13H2,(H,21,22,24). The summed E-state index contributed by atoms with van der Waals surface area (Å²) in [4.78, 5) is 20.3. The van der Waals surface area contributed by atoms with E-state index in [1.165, 1.54) is 16.0 Å². The highest BCUT2D eigenvalue weighted by Crippen LogP contribution is 2.30. The van der Waals surface area contributed by atoms with Gasteiger partial charge in [-0.15, -0.1) is 11.3 Å².